The van der Waals surface area contributed by atoms with E-state index in [0.717, 1.165) is 36.0 Å². The number of carboxylic acid groups (broad SMARTS) is 1. The van der Waals surface area contributed by atoms with Crippen molar-refractivity contribution in [3.8, 4) is 0 Å². The van der Waals surface area contributed by atoms with Gasteiger partial charge in [-0.2, -0.15) is 0 Å². The summed E-state index contributed by atoms with van der Waals surface area (Å²) < 4.78 is 0. The highest BCUT2D eigenvalue weighted by molar-refractivity contribution is 5.66. The third-order valence-corrected chi connectivity index (χ3v) is 10.2. The molecule has 0 spiro atoms. The Balaban J connectivity index is 1.52. The van der Waals surface area contributed by atoms with Crippen LogP contribution in [0.2, 0.25) is 0 Å². The summed E-state index contributed by atoms with van der Waals surface area (Å²) in [5, 5.41) is 9.09. The van der Waals surface area contributed by atoms with Crippen LogP contribution in [0.25, 0.3) is 0 Å². The standard InChI is InChI=1S/C24H40O2/c1-16(7-12-22(25)26)19-10-11-20-18-9-8-17-6-4-5-14-23(17,2)21(18)13-15-24(19,20)3/h16-21H,4-15H2,1-3H3,(H,25,26)/t16-,17?,18?,19-,20?,21?,23+,24-/m1/s1. The SMILES string of the molecule is C[C@H](CCC(=O)O)[C@H]1CCC2C3CCC4CCCC[C@]4(C)C3CC[C@@]21C. The maximum Gasteiger partial charge on any atom is 0.303 e. The molecule has 26 heavy (non-hydrogen) atoms. The molecule has 0 aromatic rings. The molecule has 148 valence electrons. The number of hydrogen-bond acceptors (Lipinski definition) is 1. The summed E-state index contributed by atoms with van der Waals surface area (Å²) in [4.78, 5) is 11.0. The topological polar surface area (TPSA) is 37.3 Å². The summed E-state index contributed by atoms with van der Waals surface area (Å²) in [7, 11) is 0. The van der Waals surface area contributed by atoms with Crippen molar-refractivity contribution in [3.05, 3.63) is 0 Å². The molecule has 2 heteroatoms. The minimum atomic E-state index is -0.621. The molecule has 4 aliphatic rings. The minimum absolute atomic E-state index is 0.351. The van der Waals surface area contributed by atoms with Gasteiger partial charge in [-0.3, -0.25) is 4.79 Å². The molecular formula is C24H40O2. The van der Waals surface area contributed by atoms with Gasteiger partial charge in [-0.05, 0) is 104 Å². The molecule has 0 bridgehead atoms. The molecule has 0 amide bonds. The lowest BCUT2D eigenvalue weighted by molar-refractivity contribution is -0.137. The Labute approximate surface area is 160 Å². The molecule has 0 radical (unpaired) electrons. The van der Waals surface area contributed by atoms with Gasteiger partial charge in [0.15, 0.2) is 0 Å². The van der Waals surface area contributed by atoms with E-state index in [0.29, 0.717) is 23.2 Å². The van der Waals surface area contributed by atoms with E-state index in [2.05, 4.69) is 20.8 Å². The second-order valence-electron chi connectivity index (χ2n) is 11.0. The van der Waals surface area contributed by atoms with Gasteiger partial charge in [-0.15, -0.1) is 0 Å². The van der Waals surface area contributed by atoms with Crippen LogP contribution >= 0.6 is 0 Å². The van der Waals surface area contributed by atoms with E-state index in [1.54, 1.807) is 0 Å². The second-order valence-corrected chi connectivity index (χ2v) is 11.0. The molecule has 0 aromatic carbocycles. The zero-order chi connectivity index (χ0) is 18.5. The third kappa shape index (κ3) is 2.85. The van der Waals surface area contributed by atoms with Crippen LogP contribution in [0.4, 0.5) is 0 Å². The molecule has 0 saturated heterocycles. The van der Waals surface area contributed by atoms with E-state index in [1.807, 2.05) is 0 Å². The Morgan fingerprint density at radius 1 is 0.962 bits per heavy atom. The molecule has 4 rings (SSSR count). The van der Waals surface area contributed by atoms with E-state index in [9.17, 15) is 4.79 Å². The quantitative estimate of drug-likeness (QED) is 0.618. The Hall–Kier alpha value is -0.530. The van der Waals surface area contributed by atoms with Crippen molar-refractivity contribution in [1.29, 1.82) is 0 Å². The number of hydrogen-bond donors (Lipinski definition) is 1. The molecule has 4 unspecified atom stereocenters. The van der Waals surface area contributed by atoms with Crippen LogP contribution in [0.5, 0.6) is 0 Å². The van der Waals surface area contributed by atoms with Crippen LogP contribution in [-0.4, -0.2) is 11.1 Å². The molecule has 4 fully saturated rings. The Kier molecular flexibility index (Phi) is 4.93. The Bertz CT molecular complexity index is 542. The molecule has 2 nitrogen and oxygen atoms in total. The molecular weight excluding hydrogens is 320 g/mol. The first-order valence-electron chi connectivity index (χ1n) is 11.6. The fraction of sp³-hybridized carbons (Fsp3) is 0.958. The average molecular weight is 361 g/mol. The number of carboxylic acids is 1. The normalized spacial score (nSPS) is 49.0. The van der Waals surface area contributed by atoms with E-state index in [4.69, 9.17) is 5.11 Å². The van der Waals surface area contributed by atoms with Crippen molar-refractivity contribution < 1.29 is 9.90 Å². The number of aliphatic carboxylic acids is 1. The smallest absolute Gasteiger partial charge is 0.303 e. The second kappa shape index (κ2) is 6.82. The highest BCUT2D eigenvalue weighted by atomic mass is 16.4. The van der Waals surface area contributed by atoms with Crippen molar-refractivity contribution in [2.75, 3.05) is 0 Å². The summed E-state index contributed by atoms with van der Waals surface area (Å²) in [5.41, 5.74) is 1.12. The van der Waals surface area contributed by atoms with Gasteiger partial charge in [-0.25, -0.2) is 0 Å². The van der Waals surface area contributed by atoms with Gasteiger partial charge < -0.3 is 5.11 Å². The zero-order valence-electron chi connectivity index (χ0n) is 17.3. The molecule has 0 heterocycles. The predicted molar refractivity (Wildman–Crippen MR) is 106 cm³/mol. The lowest BCUT2D eigenvalue weighted by Crippen LogP contribution is -2.53. The van der Waals surface area contributed by atoms with Gasteiger partial charge in [0.25, 0.3) is 0 Å². The first-order valence-corrected chi connectivity index (χ1v) is 11.6. The first-order chi connectivity index (χ1) is 12.4. The van der Waals surface area contributed by atoms with Crippen LogP contribution < -0.4 is 0 Å². The third-order valence-electron chi connectivity index (χ3n) is 10.2. The maximum atomic E-state index is 11.0. The summed E-state index contributed by atoms with van der Waals surface area (Å²) in [6.45, 7) is 7.60. The first kappa shape index (κ1) is 18.8. The van der Waals surface area contributed by atoms with E-state index in [1.165, 1.54) is 64.2 Å². The maximum absolute atomic E-state index is 11.0. The molecule has 4 aliphatic carbocycles. The van der Waals surface area contributed by atoms with Gasteiger partial charge >= 0.3 is 5.97 Å². The van der Waals surface area contributed by atoms with E-state index < -0.39 is 5.97 Å². The van der Waals surface area contributed by atoms with Gasteiger partial charge in [0.1, 0.15) is 0 Å². The summed E-state index contributed by atoms with van der Waals surface area (Å²) in [6, 6.07) is 0. The fourth-order valence-electron chi connectivity index (χ4n) is 8.82. The van der Waals surface area contributed by atoms with Crippen LogP contribution in [0, 0.1) is 46.3 Å². The molecule has 1 N–H and O–H groups in total. The lowest BCUT2D eigenvalue weighted by Gasteiger charge is -2.61. The Morgan fingerprint density at radius 3 is 2.50 bits per heavy atom. The average Bonchev–Trinajstić information content (AvgIpc) is 2.96. The largest absolute Gasteiger partial charge is 0.481 e. The number of rotatable bonds is 4. The Morgan fingerprint density at radius 2 is 1.73 bits per heavy atom. The van der Waals surface area contributed by atoms with Crippen LogP contribution in [0.15, 0.2) is 0 Å². The van der Waals surface area contributed by atoms with Crippen LogP contribution in [-0.2, 0) is 4.79 Å². The summed E-state index contributed by atoms with van der Waals surface area (Å²) >= 11 is 0. The molecule has 0 aromatic heterocycles. The predicted octanol–water partition coefficient (Wildman–Crippen LogP) is 6.54. The lowest BCUT2D eigenvalue weighted by atomic mass is 9.44. The highest BCUT2D eigenvalue weighted by Gasteiger charge is 2.60. The van der Waals surface area contributed by atoms with Crippen LogP contribution in [0.1, 0.15) is 97.8 Å². The van der Waals surface area contributed by atoms with Gasteiger partial charge in [0.2, 0.25) is 0 Å². The molecule has 4 saturated carbocycles. The minimum Gasteiger partial charge on any atom is -0.481 e. The van der Waals surface area contributed by atoms with Crippen molar-refractivity contribution in [2.45, 2.75) is 97.8 Å². The van der Waals surface area contributed by atoms with Gasteiger partial charge in [-0.1, -0.05) is 33.6 Å². The zero-order valence-corrected chi connectivity index (χ0v) is 17.3. The van der Waals surface area contributed by atoms with Crippen molar-refractivity contribution in [2.24, 2.45) is 46.3 Å². The van der Waals surface area contributed by atoms with Crippen molar-refractivity contribution in [1.82, 2.24) is 0 Å². The highest BCUT2D eigenvalue weighted by Crippen LogP contribution is 2.68. The van der Waals surface area contributed by atoms with Crippen molar-refractivity contribution >= 4 is 5.97 Å². The van der Waals surface area contributed by atoms with Gasteiger partial charge in [0, 0.05) is 6.42 Å². The number of carbonyl (C=O) groups is 1. The van der Waals surface area contributed by atoms with E-state index >= 15 is 0 Å². The monoisotopic (exact) mass is 360 g/mol. The van der Waals surface area contributed by atoms with E-state index in [-0.39, 0.29) is 0 Å². The van der Waals surface area contributed by atoms with Gasteiger partial charge in [0.05, 0.1) is 0 Å². The molecule has 0 aliphatic heterocycles. The fourth-order valence-corrected chi connectivity index (χ4v) is 8.82. The summed E-state index contributed by atoms with van der Waals surface area (Å²) in [6.07, 6.45) is 15.7. The molecule has 8 atom stereocenters. The van der Waals surface area contributed by atoms with Crippen LogP contribution in [0.3, 0.4) is 0 Å². The van der Waals surface area contributed by atoms with Crippen molar-refractivity contribution in [3.63, 3.8) is 0 Å². The number of fused-ring (bicyclic) bond motifs is 5. The summed E-state index contributed by atoms with van der Waals surface area (Å²) in [5.74, 6) is 4.57.